The number of anilines is 1. The Balaban J connectivity index is 1.47. The first-order chi connectivity index (χ1) is 15.1. The van der Waals surface area contributed by atoms with E-state index >= 15 is 0 Å². The van der Waals surface area contributed by atoms with Gasteiger partial charge in [0.2, 0.25) is 0 Å². The van der Waals surface area contributed by atoms with Gasteiger partial charge in [0.1, 0.15) is 23.1 Å². The number of nitrogens with zero attached hydrogens (tertiary/aromatic N) is 2. The highest BCUT2D eigenvalue weighted by Crippen LogP contribution is 2.22. The zero-order valence-electron chi connectivity index (χ0n) is 17.4. The van der Waals surface area contributed by atoms with Gasteiger partial charge < -0.3 is 9.47 Å². The number of para-hydroxylation sites is 1. The summed E-state index contributed by atoms with van der Waals surface area (Å²) < 4.78 is 11.6. The number of carbonyl (C=O) groups excluding carboxylic acids is 1. The van der Waals surface area contributed by atoms with Crippen LogP contribution in [0.4, 0.5) is 5.13 Å². The molecule has 0 atom stereocenters. The molecule has 0 aliphatic rings. The number of rotatable bonds is 9. The first-order valence-corrected chi connectivity index (χ1v) is 10.7. The Kier molecular flexibility index (Phi) is 7.79. The lowest BCUT2D eigenvalue weighted by Gasteiger charge is -2.12. The van der Waals surface area contributed by atoms with Gasteiger partial charge in [-0.2, -0.15) is 5.26 Å². The van der Waals surface area contributed by atoms with Crippen molar-refractivity contribution < 1.29 is 14.3 Å². The number of nitrogens with one attached hydrogen (secondary N) is 1. The predicted molar refractivity (Wildman–Crippen MR) is 122 cm³/mol. The Morgan fingerprint density at radius 3 is 2.48 bits per heavy atom. The summed E-state index contributed by atoms with van der Waals surface area (Å²) in [5.74, 6) is 1.17. The van der Waals surface area contributed by atoms with Gasteiger partial charge in [-0.1, -0.05) is 30.3 Å². The van der Waals surface area contributed by atoms with Gasteiger partial charge >= 0.3 is 0 Å². The van der Waals surface area contributed by atoms with E-state index in [9.17, 15) is 10.1 Å². The van der Waals surface area contributed by atoms with Crippen LogP contribution in [0.25, 0.3) is 6.08 Å². The molecule has 0 bridgehead atoms. The third-order valence-corrected chi connectivity index (χ3v) is 5.11. The summed E-state index contributed by atoms with van der Waals surface area (Å²) in [4.78, 5) is 16.2. The lowest BCUT2D eigenvalue weighted by molar-refractivity contribution is -0.112. The molecule has 3 aromatic rings. The first kappa shape index (κ1) is 22.1. The van der Waals surface area contributed by atoms with Crippen LogP contribution in [-0.4, -0.2) is 24.1 Å². The predicted octanol–water partition coefficient (Wildman–Crippen LogP) is 5.15. The second kappa shape index (κ2) is 11.0. The minimum atomic E-state index is -0.485. The molecule has 31 heavy (non-hydrogen) atoms. The van der Waals surface area contributed by atoms with Crippen molar-refractivity contribution in [1.82, 2.24) is 4.98 Å². The van der Waals surface area contributed by atoms with Crippen LogP contribution >= 0.6 is 11.3 Å². The van der Waals surface area contributed by atoms with E-state index in [4.69, 9.17) is 9.47 Å². The van der Waals surface area contributed by atoms with Crippen molar-refractivity contribution in [3.63, 3.8) is 0 Å². The van der Waals surface area contributed by atoms with Gasteiger partial charge in [0.25, 0.3) is 5.91 Å². The molecular weight excluding hydrogens is 410 g/mol. The summed E-state index contributed by atoms with van der Waals surface area (Å²) in [6.45, 7) is 5.18. The standard InChI is InChI=1S/C24H23N3O3S/c1-17-5-3-6-18(2)22(17)30-13-4-12-29-21-9-7-19(8-10-21)15-20(16-25)23(28)27-24-26-11-14-31-24/h3,5-11,14-15H,4,12-13H2,1-2H3,(H,26,27,28)/b20-15-. The van der Waals surface area contributed by atoms with Crippen molar-refractivity contribution in [2.24, 2.45) is 0 Å². The lowest BCUT2D eigenvalue weighted by atomic mass is 10.1. The average molecular weight is 434 g/mol. The summed E-state index contributed by atoms with van der Waals surface area (Å²) in [6, 6.07) is 15.2. The molecule has 0 aliphatic carbocycles. The zero-order valence-corrected chi connectivity index (χ0v) is 18.2. The average Bonchev–Trinajstić information content (AvgIpc) is 3.27. The molecule has 0 aliphatic heterocycles. The summed E-state index contributed by atoms with van der Waals surface area (Å²) in [5.41, 5.74) is 2.99. The maximum absolute atomic E-state index is 12.2. The van der Waals surface area contributed by atoms with E-state index in [2.05, 4.69) is 10.3 Å². The summed E-state index contributed by atoms with van der Waals surface area (Å²) >= 11 is 1.29. The van der Waals surface area contributed by atoms with Crippen molar-refractivity contribution in [2.45, 2.75) is 20.3 Å². The number of hydrogen-bond acceptors (Lipinski definition) is 6. The molecule has 0 saturated heterocycles. The molecule has 1 heterocycles. The molecule has 0 unspecified atom stereocenters. The molecular formula is C24H23N3O3S. The second-order valence-corrected chi connectivity index (χ2v) is 7.70. The van der Waals surface area contributed by atoms with Gasteiger partial charge in [-0.05, 0) is 48.7 Å². The first-order valence-electron chi connectivity index (χ1n) is 9.81. The Morgan fingerprint density at radius 2 is 1.84 bits per heavy atom. The van der Waals surface area contributed by atoms with E-state index < -0.39 is 5.91 Å². The van der Waals surface area contributed by atoms with Crippen LogP contribution in [0.1, 0.15) is 23.1 Å². The van der Waals surface area contributed by atoms with Gasteiger partial charge in [0.05, 0.1) is 13.2 Å². The van der Waals surface area contributed by atoms with Crippen LogP contribution in [-0.2, 0) is 4.79 Å². The highest BCUT2D eigenvalue weighted by molar-refractivity contribution is 7.13. The van der Waals surface area contributed by atoms with E-state index in [1.165, 1.54) is 17.4 Å². The summed E-state index contributed by atoms with van der Waals surface area (Å²) in [7, 11) is 0. The fraction of sp³-hybridized carbons (Fsp3) is 0.208. The monoisotopic (exact) mass is 433 g/mol. The molecule has 0 fully saturated rings. The molecule has 1 aromatic heterocycles. The van der Waals surface area contributed by atoms with E-state index in [0.717, 1.165) is 34.6 Å². The maximum atomic E-state index is 12.2. The van der Waals surface area contributed by atoms with Crippen LogP contribution in [0.15, 0.2) is 59.6 Å². The number of benzene rings is 2. The number of aromatic nitrogens is 1. The quantitative estimate of drug-likeness (QED) is 0.286. The number of amides is 1. The van der Waals surface area contributed by atoms with Gasteiger partial charge in [0, 0.05) is 18.0 Å². The molecule has 7 heteroatoms. The topological polar surface area (TPSA) is 84.2 Å². The Bertz CT molecular complexity index is 1060. The fourth-order valence-corrected chi connectivity index (χ4v) is 3.40. The van der Waals surface area contributed by atoms with Crippen LogP contribution in [0.5, 0.6) is 11.5 Å². The van der Waals surface area contributed by atoms with Crippen molar-refractivity contribution in [2.75, 3.05) is 18.5 Å². The Morgan fingerprint density at radius 1 is 1.13 bits per heavy atom. The van der Waals surface area contributed by atoms with Crippen LogP contribution < -0.4 is 14.8 Å². The number of ether oxygens (including phenoxy) is 2. The maximum Gasteiger partial charge on any atom is 0.268 e. The van der Waals surface area contributed by atoms with Crippen LogP contribution in [0.2, 0.25) is 0 Å². The number of nitriles is 1. The van der Waals surface area contributed by atoms with Crippen molar-refractivity contribution in [1.29, 1.82) is 5.26 Å². The van der Waals surface area contributed by atoms with Gasteiger partial charge in [-0.3, -0.25) is 10.1 Å². The minimum absolute atomic E-state index is 0.00696. The number of carbonyl (C=O) groups is 1. The van der Waals surface area contributed by atoms with Crippen LogP contribution in [0.3, 0.4) is 0 Å². The number of hydrogen-bond donors (Lipinski definition) is 1. The van der Waals surface area contributed by atoms with Gasteiger partial charge in [-0.25, -0.2) is 4.98 Å². The SMILES string of the molecule is Cc1cccc(C)c1OCCCOc1ccc(/C=C(/C#N)C(=O)Nc2nccs2)cc1. The van der Waals surface area contributed by atoms with Crippen molar-refractivity contribution in [3.05, 3.63) is 76.3 Å². The molecule has 0 saturated carbocycles. The lowest BCUT2D eigenvalue weighted by Crippen LogP contribution is -2.13. The molecule has 2 aromatic carbocycles. The number of aryl methyl sites for hydroxylation is 2. The fourth-order valence-electron chi connectivity index (χ4n) is 2.88. The molecule has 0 radical (unpaired) electrons. The minimum Gasteiger partial charge on any atom is -0.493 e. The third-order valence-electron chi connectivity index (χ3n) is 4.42. The smallest absolute Gasteiger partial charge is 0.268 e. The molecule has 158 valence electrons. The molecule has 0 spiro atoms. The van der Waals surface area contributed by atoms with Crippen LogP contribution in [0, 0.1) is 25.2 Å². The molecule has 1 N–H and O–H groups in total. The highest BCUT2D eigenvalue weighted by atomic mass is 32.1. The van der Waals surface area contributed by atoms with E-state index in [1.807, 2.05) is 50.2 Å². The largest absolute Gasteiger partial charge is 0.493 e. The summed E-state index contributed by atoms with van der Waals surface area (Å²) in [5, 5.41) is 14.1. The van der Waals surface area contributed by atoms with Gasteiger partial charge in [0.15, 0.2) is 5.13 Å². The highest BCUT2D eigenvalue weighted by Gasteiger charge is 2.10. The normalized spacial score (nSPS) is 10.9. The zero-order chi connectivity index (χ0) is 22.1. The van der Waals surface area contributed by atoms with Crippen molar-refractivity contribution >= 4 is 28.5 Å². The Labute approximate surface area is 185 Å². The molecule has 6 nitrogen and oxygen atoms in total. The van der Waals surface area contributed by atoms with Crippen molar-refractivity contribution in [3.8, 4) is 17.6 Å². The summed E-state index contributed by atoms with van der Waals surface area (Å²) in [6.07, 6.45) is 3.88. The Hall–Kier alpha value is -3.63. The molecule has 1 amide bonds. The van der Waals surface area contributed by atoms with E-state index in [1.54, 1.807) is 23.7 Å². The van der Waals surface area contributed by atoms with Gasteiger partial charge in [-0.15, -0.1) is 11.3 Å². The third kappa shape index (κ3) is 6.43. The van der Waals surface area contributed by atoms with E-state index in [-0.39, 0.29) is 5.57 Å². The van der Waals surface area contributed by atoms with E-state index in [0.29, 0.717) is 18.3 Å². The second-order valence-electron chi connectivity index (χ2n) is 6.80. The molecule has 3 rings (SSSR count). The number of thiazole rings is 1.